The fraction of sp³-hybridized carbons (Fsp3) is 0.318. The minimum atomic E-state index is -3.72. The molecule has 2 aromatic rings. The van der Waals surface area contributed by atoms with Crippen molar-refractivity contribution in [1.82, 2.24) is 9.80 Å². The first kappa shape index (κ1) is 21.1. The first-order chi connectivity index (χ1) is 14.0. The van der Waals surface area contributed by atoms with Crippen LogP contribution in [-0.4, -0.2) is 63.4 Å². The number of anilines is 1. The predicted octanol–water partition coefficient (Wildman–Crippen LogP) is 2.85. The molecule has 1 amide bonds. The summed E-state index contributed by atoms with van der Waals surface area (Å²) in [7, 11) is -3.72. The molecular weight excluding hydrogens is 386 g/mol. The summed E-state index contributed by atoms with van der Waals surface area (Å²) < 4.78 is 27.4. The number of nitrogens with zero attached hydrogens (tertiary/aromatic N) is 3. The zero-order valence-corrected chi connectivity index (χ0v) is 17.5. The van der Waals surface area contributed by atoms with E-state index in [4.69, 9.17) is 0 Å². The Labute approximate surface area is 173 Å². The van der Waals surface area contributed by atoms with E-state index in [1.807, 2.05) is 4.90 Å². The van der Waals surface area contributed by atoms with Gasteiger partial charge in [0.1, 0.15) is 0 Å². The van der Waals surface area contributed by atoms with Crippen LogP contribution in [0.25, 0.3) is 0 Å². The van der Waals surface area contributed by atoms with Crippen LogP contribution in [0.15, 0.2) is 72.1 Å². The van der Waals surface area contributed by atoms with E-state index < -0.39 is 10.0 Å². The molecule has 1 aliphatic heterocycles. The van der Waals surface area contributed by atoms with Gasteiger partial charge in [0.25, 0.3) is 15.9 Å². The third kappa shape index (κ3) is 4.68. The molecule has 154 valence electrons. The van der Waals surface area contributed by atoms with Gasteiger partial charge in [-0.3, -0.25) is 9.10 Å². The fourth-order valence-electron chi connectivity index (χ4n) is 3.40. The van der Waals surface area contributed by atoms with Gasteiger partial charge in [-0.05, 0) is 42.9 Å². The van der Waals surface area contributed by atoms with E-state index in [1.165, 1.54) is 4.31 Å². The SMILES string of the molecule is C=CCN(c1ccc(C(=O)N2CCN(CC)CC2)cc1)S(=O)(=O)c1ccccc1. The van der Waals surface area contributed by atoms with Crippen LogP contribution in [-0.2, 0) is 10.0 Å². The van der Waals surface area contributed by atoms with Gasteiger partial charge in [-0.15, -0.1) is 6.58 Å². The summed E-state index contributed by atoms with van der Waals surface area (Å²) in [6.07, 6.45) is 1.55. The molecule has 1 saturated heterocycles. The van der Waals surface area contributed by atoms with Crippen LogP contribution in [0, 0.1) is 0 Å². The zero-order valence-electron chi connectivity index (χ0n) is 16.7. The lowest BCUT2D eigenvalue weighted by molar-refractivity contribution is 0.0643. The minimum Gasteiger partial charge on any atom is -0.336 e. The van der Waals surface area contributed by atoms with Crippen LogP contribution in [0.2, 0.25) is 0 Å². The monoisotopic (exact) mass is 413 g/mol. The van der Waals surface area contributed by atoms with Crippen molar-refractivity contribution in [3.05, 3.63) is 72.8 Å². The highest BCUT2D eigenvalue weighted by molar-refractivity contribution is 7.92. The van der Waals surface area contributed by atoms with Crippen molar-refractivity contribution in [3.63, 3.8) is 0 Å². The third-order valence-electron chi connectivity index (χ3n) is 5.14. The lowest BCUT2D eigenvalue weighted by Crippen LogP contribution is -2.48. The van der Waals surface area contributed by atoms with Gasteiger partial charge >= 0.3 is 0 Å². The average Bonchev–Trinajstić information content (AvgIpc) is 2.77. The lowest BCUT2D eigenvalue weighted by Gasteiger charge is -2.34. The fourth-order valence-corrected chi connectivity index (χ4v) is 4.86. The molecular formula is C22H27N3O3S. The second-order valence-electron chi connectivity index (χ2n) is 6.91. The van der Waals surface area contributed by atoms with E-state index >= 15 is 0 Å². The summed E-state index contributed by atoms with van der Waals surface area (Å²) in [6, 6.07) is 15.0. The maximum absolute atomic E-state index is 13.0. The number of sulfonamides is 1. The van der Waals surface area contributed by atoms with Crippen molar-refractivity contribution in [1.29, 1.82) is 0 Å². The van der Waals surface area contributed by atoms with Crippen molar-refractivity contribution < 1.29 is 13.2 Å². The molecule has 1 fully saturated rings. The summed E-state index contributed by atoms with van der Waals surface area (Å²) in [5.41, 5.74) is 1.07. The minimum absolute atomic E-state index is 0.0199. The summed E-state index contributed by atoms with van der Waals surface area (Å²) in [5, 5.41) is 0. The van der Waals surface area contributed by atoms with Crippen molar-refractivity contribution in [2.75, 3.05) is 43.6 Å². The van der Waals surface area contributed by atoms with Gasteiger partial charge in [0.05, 0.1) is 17.1 Å². The molecule has 0 aromatic heterocycles. The normalized spacial score (nSPS) is 15.1. The molecule has 0 unspecified atom stereocenters. The van der Waals surface area contributed by atoms with Crippen LogP contribution < -0.4 is 4.31 Å². The molecule has 2 aromatic carbocycles. The number of hydrogen-bond donors (Lipinski definition) is 0. The standard InChI is InChI=1S/C22H27N3O3S/c1-3-14-25(29(27,28)21-8-6-5-7-9-21)20-12-10-19(11-13-20)22(26)24-17-15-23(4-2)16-18-24/h3,5-13H,1,4,14-18H2,2H3. The lowest BCUT2D eigenvalue weighted by atomic mass is 10.1. The van der Waals surface area contributed by atoms with Crippen LogP contribution in [0.3, 0.4) is 0 Å². The van der Waals surface area contributed by atoms with E-state index in [1.54, 1.807) is 60.7 Å². The molecule has 0 spiro atoms. The predicted molar refractivity (Wildman–Crippen MR) is 116 cm³/mol. The van der Waals surface area contributed by atoms with Gasteiger partial charge in [-0.25, -0.2) is 8.42 Å². The molecule has 7 heteroatoms. The number of rotatable bonds is 7. The summed E-state index contributed by atoms with van der Waals surface area (Å²) >= 11 is 0. The molecule has 1 aliphatic rings. The van der Waals surface area contributed by atoms with Gasteiger partial charge in [0.2, 0.25) is 0 Å². The van der Waals surface area contributed by atoms with Crippen LogP contribution in [0.5, 0.6) is 0 Å². The van der Waals surface area contributed by atoms with E-state index in [2.05, 4.69) is 18.4 Å². The van der Waals surface area contributed by atoms with Crippen molar-refractivity contribution in [2.45, 2.75) is 11.8 Å². The van der Waals surface area contributed by atoms with E-state index in [0.29, 0.717) is 24.3 Å². The number of carbonyl (C=O) groups excluding carboxylic acids is 1. The Hall–Kier alpha value is -2.64. The zero-order chi connectivity index (χ0) is 20.9. The van der Waals surface area contributed by atoms with Gasteiger partial charge < -0.3 is 9.80 Å². The summed E-state index contributed by atoms with van der Waals surface area (Å²) in [6.45, 7) is 10.1. The Morgan fingerprint density at radius 3 is 2.21 bits per heavy atom. The molecule has 3 rings (SSSR count). The van der Waals surface area contributed by atoms with Crippen LogP contribution >= 0.6 is 0 Å². The highest BCUT2D eigenvalue weighted by Gasteiger charge is 2.25. The van der Waals surface area contributed by atoms with Crippen molar-refractivity contribution in [2.24, 2.45) is 0 Å². The van der Waals surface area contributed by atoms with Gasteiger partial charge in [0, 0.05) is 31.7 Å². The second-order valence-corrected chi connectivity index (χ2v) is 8.77. The van der Waals surface area contributed by atoms with Crippen molar-refractivity contribution in [3.8, 4) is 0 Å². The average molecular weight is 414 g/mol. The smallest absolute Gasteiger partial charge is 0.264 e. The summed E-state index contributed by atoms with van der Waals surface area (Å²) in [5.74, 6) is -0.0199. The Morgan fingerprint density at radius 1 is 1.03 bits per heavy atom. The first-order valence-electron chi connectivity index (χ1n) is 9.77. The highest BCUT2D eigenvalue weighted by atomic mass is 32.2. The van der Waals surface area contributed by atoms with E-state index in [9.17, 15) is 13.2 Å². The molecule has 0 N–H and O–H groups in total. The maximum atomic E-state index is 13.0. The second kappa shape index (κ2) is 9.24. The molecule has 0 bridgehead atoms. The Balaban J connectivity index is 1.80. The molecule has 0 radical (unpaired) electrons. The van der Waals surface area contributed by atoms with Crippen LogP contribution in [0.1, 0.15) is 17.3 Å². The van der Waals surface area contributed by atoms with Gasteiger partial charge in [-0.2, -0.15) is 0 Å². The van der Waals surface area contributed by atoms with E-state index in [-0.39, 0.29) is 17.3 Å². The Morgan fingerprint density at radius 2 is 1.66 bits per heavy atom. The number of benzene rings is 2. The number of carbonyl (C=O) groups is 1. The van der Waals surface area contributed by atoms with Gasteiger partial charge in [-0.1, -0.05) is 31.2 Å². The molecule has 0 saturated carbocycles. The molecule has 0 atom stereocenters. The first-order valence-corrected chi connectivity index (χ1v) is 11.2. The number of piperazine rings is 1. The maximum Gasteiger partial charge on any atom is 0.264 e. The van der Waals surface area contributed by atoms with Gasteiger partial charge in [0.15, 0.2) is 0 Å². The Bertz CT molecular complexity index is 935. The van der Waals surface area contributed by atoms with Crippen molar-refractivity contribution >= 4 is 21.6 Å². The quantitative estimate of drug-likeness (QED) is 0.655. The Kier molecular flexibility index (Phi) is 6.71. The summed E-state index contributed by atoms with van der Waals surface area (Å²) in [4.78, 5) is 17.2. The molecule has 6 nitrogen and oxygen atoms in total. The molecule has 1 heterocycles. The molecule has 29 heavy (non-hydrogen) atoms. The number of likely N-dealkylation sites (N-methyl/N-ethyl adjacent to an activating group) is 1. The highest BCUT2D eigenvalue weighted by Crippen LogP contribution is 2.24. The number of amides is 1. The topological polar surface area (TPSA) is 60.9 Å². The van der Waals surface area contributed by atoms with Crippen LogP contribution in [0.4, 0.5) is 5.69 Å². The molecule has 0 aliphatic carbocycles. The number of hydrogen-bond acceptors (Lipinski definition) is 4. The van der Waals surface area contributed by atoms with E-state index in [0.717, 1.165) is 19.6 Å². The third-order valence-corrected chi connectivity index (χ3v) is 6.94. The largest absolute Gasteiger partial charge is 0.336 e.